The van der Waals surface area contributed by atoms with E-state index in [9.17, 15) is 5.11 Å². The van der Waals surface area contributed by atoms with Crippen molar-refractivity contribution >= 4 is 27.9 Å². The lowest BCUT2D eigenvalue weighted by Crippen LogP contribution is -2.00. The highest BCUT2D eigenvalue weighted by Gasteiger charge is 2.03. The Labute approximate surface area is 109 Å². The van der Waals surface area contributed by atoms with Crippen LogP contribution in [0.4, 0.5) is 5.82 Å². The Balaban J connectivity index is 1.93. The van der Waals surface area contributed by atoms with Crippen LogP contribution >= 0.6 is 11.3 Å². The molecule has 3 rings (SSSR count). The first-order chi connectivity index (χ1) is 8.83. The van der Waals surface area contributed by atoms with Gasteiger partial charge in [-0.25, -0.2) is 4.98 Å². The van der Waals surface area contributed by atoms with Crippen LogP contribution in [0.3, 0.4) is 0 Å². The number of hydrogen-bond donors (Lipinski definition) is 2. The van der Waals surface area contributed by atoms with E-state index in [4.69, 9.17) is 0 Å². The van der Waals surface area contributed by atoms with Crippen LogP contribution in [-0.4, -0.2) is 10.1 Å². The molecule has 2 heterocycles. The minimum Gasteiger partial charge on any atom is -0.508 e. The van der Waals surface area contributed by atoms with Crippen LogP contribution in [-0.2, 0) is 6.54 Å². The highest BCUT2D eigenvalue weighted by molar-refractivity contribution is 7.09. The van der Waals surface area contributed by atoms with Gasteiger partial charge in [0.05, 0.1) is 6.54 Å². The molecular weight excluding hydrogens is 244 g/mol. The Hall–Kier alpha value is -2.07. The number of benzene rings is 1. The van der Waals surface area contributed by atoms with Gasteiger partial charge in [-0.2, -0.15) is 0 Å². The number of phenols is 1. The topological polar surface area (TPSA) is 45.2 Å². The lowest BCUT2D eigenvalue weighted by Gasteiger charge is -2.08. The molecule has 3 nitrogen and oxygen atoms in total. The van der Waals surface area contributed by atoms with Gasteiger partial charge in [0.1, 0.15) is 11.6 Å². The van der Waals surface area contributed by atoms with Gasteiger partial charge in [-0.05, 0) is 35.0 Å². The summed E-state index contributed by atoms with van der Waals surface area (Å²) in [5, 5.41) is 16.9. The van der Waals surface area contributed by atoms with Gasteiger partial charge < -0.3 is 10.4 Å². The molecule has 0 amide bonds. The first-order valence-corrected chi connectivity index (χ1v) is 6.55. The van der Waals surface area contributed by atoms with E-state index in [0.29, 0.717) is 0 Å². The molecular formula is C14H12N2OS. The van der Waals surface area contributed by atoms with E-state index in [0.717, 1.165) is 23.1 Å². The van der Waals surface area contributed by atoms with Gasteiger partial charge in [0, 0.05) is 16.5 Å². The Bertz CT molecular complexity index is 665. The van der Waals surface area contributed by atoms with Crippen LogP contribution in [0.25, 0.3) is 10.8 Å². The highest BCUT2D eigenvalue weighted by atomic mass is 32.1. The maximum atomic E-state index is 9.55. The number of phenolic OH excluding ortho intramolecular Hbond substituents is 1. The van der Waals surface area contributed by atoms with Crippen LogP contribution in [0.2, 0.25) is 0 Å². The molecule has 0 bridgehead atoms. The van der Waals surface area contributed by atoms with E-state index in [-0.39, 0.29) is 5.75 Å². The SMILES string of the molecule is Oc1ccc2ccnc(NCc3cccs3)c2c1. The third-order valence-corrected chi connectivity index (χ3v) is 3.64. The summed E-state index contributed by atoms with van der Waals surface area (Å²) in [5.74, 6) is 1.06. The van der Waals surface area contributed by atoms with Gasteiger partial charge in [-0.1, -0.05) is 12.1 Å². The van der Waals surface area contributed by atoms with Crippen molar-refractivity contribution in [2.24, 2.45) is 0 Å². The zero-order valence-corrected chi connectivity index (χ0v) is 10.4. The molecule has 0 unspecified atom stereocenters. The molecule has 0 fully saturated rings. The molecule has 18 heavy (non-hydrogen) atoms. The van der Waals surface area contributed by atoms with Gasteiger partial charge in [0.2, 0.25) is 0 Å². The Kier molecular flexibility index (Phi) is 2.86. The molecule has 4 heteroatoms. The first kappa shape index (κ1) is 11.0. The minimum atomic E-state index is 0.259. The number of fused-ring (bicyclic) bond motifs is 1. The maximum absolute atomic E-state index is 9.55. The van der Waals surface area contributed by atoms with Crippen molar-refractivity contribution < 1.29 is 5.11 Å². The summed E-state index contributed by atoms with van der Waals surface area (Å²) in [5.41, 5.74) is 0. The largest absolute Gasteiger partial charge is 0.508 e. The molecule has 0 saturated carbocycles. The smallest absolute Gasteiger partial charge is 0.134 e. The zero-order valence-electron chi connectivity index (χ0n) is 9.63. The Morgan fingerprint density at radius 2 is 2.17 bits per heavy atom. The van der Waals surface area contributed by atoms with Gasteiger partial charge in [0.15, 0.2) is 0 Å². The number of nitrogens with one attached hydrogen (secondary N) is 1. The van der Waals surface area contributed by atoms with Crippen molar-refractivity contribution in [1.29, 1.82) is 0 Å². The van der Waals surface area contributed by atoms with Gasteiger partial charge in [0.25, 0.3) is 0 Å². The molecule has 0 aliphatic heterocycles. The summed E-state index contributed by atoms with van der Waals surface area (Å²) in [6.45, 7) is 0.749. The van der Waals surface area contributed by atoms with Gasteiger partial charge in [-0.15, -0.1) is 11.3 Å². The average Bonchev–Trinajstić information content (AvgIpc) is 2.89. The number of rotatable bonds is 3. The number of hydrogen-bond acceptors (Lipinski definition) is 4. The maximum Gasteiger partial charge on any atom is 0.134 e. The lowest BCUT2D eigenvalue weighted by atomic mass is 10.1. The highest BCUT2D eigenvalue weighted by Crippen LogP contribution is 2.25. The molecule has 90 valence electrons. The van der Waals surface area contributed by atoms with Crippen LogP contribution in [0.1, 0.15) is 4.88 Å². The van der Waals surface area contributed by atoms with Gasteiger partial charge in [-0.3, -0.25) is 0 Å². The standard InChI is InChI=1S/C14H12N2OS/c17-11-4-3-10-5-6-15-14(13(10)8-11)16-9-12-2-1-7-18-12/h1-8,17H,9H2,(H,15,16). The predicted octanol–water partition coefficient (Wildman–Crippen LogP) is 3.61. The Morgan fingerprint density at radius 1 is 1.22 bits per heavy atom. The monoisotopic (exact) mass is 256 g/mol. The summed E-state index contributed by atoms with van der Waals surface area (Å²) in [6.07, 6.45) is 1.77. The first-order valence-electron chi connectivity index (χ1n) is 5.67. The summed E-state index contributed by atoms with van der Waals surface area (Å²) < 4.78 is 0. The van der Waals surface area contributed by atoms with E-state index in [1.807, 2.05) is 18.2 Å². The van der Waals surface area contributed by atoms with Crippen molar-refractivity contribution in [2.75, 3.05) is 5.32 Å². The van der Waals surface area contributed by atoms with Crippen molar-refractivity contribution in [3.05, 3.63) is 52.9 Å². The van der Waals surface area contributed by atoms with Crippen molar-refractivity contribution in [3.8, 4) is 5.75 Å². The number of nitrogens with zero attached hydrogens (tertiary/aromatic N) is 1. The number of pyridine rings is 1. The molecule has 0 saturated heterocycles. The van der Waals surface area contributed by atoms with E-state index in [2.05, 4.69) is 21.7 Å². The van der Waals surface area contributed by atoms with Crippen LogP contribution in [0, 0.1) is 0 Å². The second-order valence-electron chi connectivity index (χ2n) is 4.00. The quantitative estimate of drug-likeness (QED) is 0.752. The zero-order chi connectivity index (χ0) is 12.4. The van der Waals surface area contributed by atoms with Crippen LogP contribution in [0.5, 0.6) is 5.75 Å². The molecule has 0 spiro atoms. The van der Waals surface area contributed by atoms with E-state index in [1.165, 1.54) is 4.88 Å². The van der Waals surface area contributed by atoms with E-state index in [1.54, 1.807) is 29.7 Å². The predicted molar refractivity (Wildman–Crippen MR) is 75.1 cm³/mol. The van der Waals surface area contributed by atoms with Crippen molar-refractivity contribution in [1.82, 2.24) is 4.98 Å². The summed E-state index contributed by atoms with van der Waals surface area (Å²) >= 11 is 1.71. The molecule has 0 atom stereocenters. The molecule has 0 aliphatic carbocycles. The second-order valence-corrected chi connectivity index (χ2v) is 5.03. The number of aromatic nitrogens is 1. The molecule has 2 aromatic heterocycles. The summed E-state index contributed by atoms with van der Waals surface area (Å²) in [7, 11) is 0. The molecule has 0 aliphatic rings. The van der Waals surface area contributed by atoms with Crippen molar-refractivity contribution in [3.63, 3.8) is 0 Å². The fourth-order valence-corrected chi connectivity index (χ4v) is 2.53. The fourth-order valence-electron chi connectivity index (χ4n) is 1.88. The van der Waals surface area contributed by atoms with E-state index >= 15 is 0 Å². The lowest BCUT2D eigenvalue weighted by molar-refractivity contribution is 0.476. The third-order valence-electron chi connectivity index (χ3n) is 2.76. The molecule has 2 N–H and O–H groups in total. The molecule has 0 radical (unpaired) electrons. The summed E-state index contributed by atoms with van der Waals surface area (Å²) in [4.78, 5) is 5.59. The number of aromatic hydroxyl groups is 1. The van der Waals surface area contributed by atoms with Gasteiger partial charge >= 0.3 is 0 Å². The summed E-state index contributed by atoms with van der Waals surface area (Å²) in [6, 6.07) is 11.4. The van der Waals surface area contributed by atoms with Crippen molar-refractivity contribution in [2.45, 2.75) is 6.54 Å². The minimum absolute atomic E-state index is 0.259. The molecule has 3 aromatic rings. The second kappa shape index (κ2) is 4.66. The van der Waals surface area contributed by atoms with Crippen LogP contribution < -0.4 is 5.32 Å². The fraction of sp³-hybridized carbons (Fsp3) is 0.0714. The average molecular weight is 256 g/mol. The molecule has 1 aromatic carbocycles. The van der Waals surface area contributed by atoms with Crippen LogP contribution in [0.15, 0.2) is 48.0 Å². The number of anilines is 1. The normalized spacial score (nSPS) is 10.7. The Morgan fingerprint density at radius 3 is 3.00 bits per heavy atom. The third kappa shape index (κ3) is 2.15. The van der Waals surface area contributed by atoms with E-state index < -0.39 is 0 Å². The number of thiophene rings is 1.